The number of rotatable bonds is 2. The van der Waals surface area contributed by atoms with E-state index in [2.05, 4.69) is 5.32 Å². The first-order valence-corrected chi connectivity index (χ1v) is 5.16. The molecule has 0 radical (unpaired) electrons. The van der Waals surface area contributed by atoms with Crippen molar-refractivity contribution in [3.8, 4) is 0 Å². The number of carbonyl (C=O) groups excluding carboxylic acids is 1. The number of amides is 1. The lowest BCUT2D eigenvalue weighted by Gasteiger charge is -2.29. The second-order valence-electron chi connectivity index (χ2n) is 4.91. The van der Waals surface area contributed by atoms with Gasteiger partial charge in [0.15, 0.2) is 0 Å². The van der Waals surface area contributed by atoms with Gasteiger partial charge in [-0.1, -0.05) is 0 Å². The molecule has 88 valence electrons. The van der Waals surface area contributed by atoms with Crippen molar-refractivity contribution < 1.29 is 14.3 Å². The first kappa shape index (κ1) is 12.3. The predicted octanol–water partition coefficient (Wildman–Crippen LogP) is 0.629. The van der Waals surface area contributed by atoms with Crippen LogP contribution < -0.4 is 11.1 Å². The molecule has 5 heteroatoms. The van der Waals surface area contributed by atoms with Gasteiger partial charge in [0.25, 0.3) is 0 Å². The number of hydrogen-bond acceptors (Lipinski definition) is 4. The molecular formula is C10H20N2O3. The molecule has 1 amide bonds. The van der Waals surface area contributed by atoms with E-state index in [4.69, 9.17) is 15.2 Å². The monoisotopic (exact) mass is 216 g/mol. The van der Waals surface area contributed by atoms with Crippen molar-refractivity contribution in [1.82, 2.24) is 5.32 Å². The Hall–Kier alpha value is -0.810. The van der Waals surface area contributed by atoms with Crippen molar-refractivity contribution in [3.05, 3.63) is 0 Å². The minimum Gasteiger partial charge on any atom is -0.444 e. The van der Waals surface area contributed by atoms with Crippen LogP contribution >= 0.6 is 0 Å². The maximum absolute atomic E-state index is 11.5. The predicted molar refractivity (Wildman–Crippen MR) is 56.6 cm³/mol. The van der Waals surface area contributed by atoms with Crippen molar-refractivity contribution in [3.63, 3.8) is 0 Å². The van der Waals surface area contributed by atoms with Crippen LogP contribution in [0.5, 0.6) is 0 Å². The maximum atomic E-state index is 11.5. The molecule has 15 heavy (non-hydrogen) atoms. The van der Waals surface area contributed by atoms with Crippen molar-refractivity contribution >= 4 is 6.09 Å². The summed E-state index contributed by atoms with van der Waals surface area (Å²) >= 11 is 0. The average Bonchev–Trinajstić information content (AvgIpc) is 2.50. The zero-order valence-corrected chi connectivity index (χ0v) is 9.63. The fourth-order valence-corrected chi connectivity index (χ4v) is 1.44. The molecule has 1 fully saturated rings. The van der Waals surface area contributed by atoms with Crippen molar-refractivity contribution in [2.24, 2.45) is 5.73 Å². The van der Waals surface area contributed by atoms with E-state index in [-0.39, 0.29) is 0 Å². The van der Waals surface area contributed by atoms with Gasteiger partial charge in [0.05, 0.1) is 12.1 Å². The molecule has 0 aromatic carbocycles. The second-order valence-corrected chi connectivity index (χ2v) is 4.91. The molecule has 5 nitrogen and oxygen atoms in total. The molecule has 1 rings (SSSR count). The Morgan fingerprint density at radius 1 is 1.60 bits per heavy atom. The van der Waals surface area contributed by atoms with Gasteiger partial charge in [-0.05, 0) is 27.2 Å². The number of nitrogens with one attached hydrogen (secondary N) is 1. The number of hydrogen-bond donors (Lipinski definition) is 2. The fraction of sp³-hybridized carbons (Fsp3) is 0.900. The van der Waals surface area contributed by atoms with E-state index in [1.54, 1.807) is 0 Å². The Morgan fingerprint density at radius 2 is 2.27 bits per heavy atom. The highest BCUT2D eigenvalue weighted by Crippen LogP contribution is 2.18. The third-order valence-corrected chi connectivity index (χ3v) is 2.26. The molecule has 0 aromatic heterocycles. The van der Waals surface area contributed by atoms with Crippen molar-refractivity contribution in [2.75, 3.05) is 19.8 Å². The summed E-state index contributed by atoms with van der Waals surface area (Å²) < 4.78 is 10.4. The molecule has 0 aliphatic carbocycles. The molecule has 0 aromatic rings. The molecule has 0 bridgehead atoms. The summed E-state index contributed by atoms with van der Waals surface area (Å²) in [5, 5.41) is 2.79. The lowest BCUT2D eigenvalue weighted by molar-refractivity contribution is 0.0445. The number of nitrogens with two attached hydrogens (primary N) is 1. The summed E-state index contributed by atoms with van der Waals surface area (Å²) in [6, 6.07) is 0. The van der Waals surface area contributed by atoms with Crippen LogP contribution in [0.2, 0.25) is 0 Å². The van der Waals surface area contributed by atoms with Gasteiger partial charge in [0.2, 0.25) is 0 Å². The fourth-order valence-electron chi connectivity index (χ4n) is 1.44. The molecule has 3 N–H and O–H groups in total. The molecular weight excluding hydrogens is 196 g/mol. The van der Waals surface area contributed by atoms with Crippen LogP contribution in [-0.2, 0) is 9.47 Å². The van der Waals surface area contributed by atoms with Gasteiger partial charge in [-0.3, -0.25) is 0 Å². The third kappa shape index (κ3) is 3.68. The molecule has 0 spiro atoms. The minimum atomic E-state index is -0.487. The molecule has 0 saturated carbocycles. The lowest BCUT2D eigenvalue weighted by Crippen LogP contribution is -2.55. The SMILES string of the molecule is CC(C)(C)OC(=O)N[C@]1(CN)CCOC1. The largest absolute Gasteiger partial charge is 0.444 e. The van der Waals surface area contributed by atoms with Crippen molar-refractivity contribution in [2.45, 2.75) is 38.3 Å². The summed E-state index contributed by atoms with van der Waals surface area (Å²) in [5.41, 5.74) is 4.70. The van der Waals surface area contributed by atoms with E-state index in [0.29, 0.717) is 19.8 Å². The van der Waals surface area contributed by atoms with Gasteiger partial charge in [-0.15, -0.1) is 0 Å². The average molecular weight is 216 g/mol. The number of alkyl carbamates (subject to hydrolysis) is 1. The quantitative estimate of drug-likeness (QED) is 0.710. The summed E-state index contributed by atoms with van der Waals surface area (Å²) in [7, 11) is 0. The van der Waals surface area contributed by atoms with E-state index in [1.807, 2.05) is 20.8 Å². The molecule has 1 saturated heterocycles. The lowest BCUT2D eigenvalue weighted by atomic mass is 10.00. The highest BCUT2D eigenvalue weighted by molar-refractivity contribution is 5.69. The summed E-state index contributed by atoms with van der Waals surface area (Å²) in [6.45, 7) is 6.94. The molecule has 1 atom stereocenters. The summed E-state index contributed by atoms with van der Waals surface area (Å²) in [5.74, 6) is 0. The molecule has 0 unspecified atom stereocenters. The van der Waals surface area contributed by atoms with Crippen molar-refractivity contribution in [1.29, 1.82) is 0 Å². The van der Waals surface area contributed by atoms with Gasteiger partial charge in [-0.2, -0.15) is 0 Å². The van der Waals surface area contributed by atoms with Crippen LogP contribution in [0.15, 0.2) is 0 Å². The van der Waals surface area contributed by atoms with E-state index < -0.39 is 17.2 Å². The molecule has 1 heterocycles. The topological polar surface area (TPSA) is 73.6 Å². The zero-order chi connectivity index (χ0) is 11.5. The first-order chi connectivity index (χ1) is 6.87. The standard InChI is InChI=1S/C10H20N2O3/c1-9(2,3)15-8(13)12-10(6-11)4-5-14-7-10/h4-7,11H2,1-3H3,(H,12,13)/t10-/m0/s1. The van der Waals surface area contributed by atoms with Gasteiger partial charge in [-0.25, -0.2) is 4.79 Å². The van der Waals surface area contributed by atoms with Crippen LogP contribution in [0.3, 0.4) is 0 Å². The van der Waals surface area contributed by atoms with E-state index in [9.17, 15) is 4.79 Å². The minimum absolute atomic E-state index is 0.367. The van der Waals surface area contributed by atoms with Crippen LogP contribution in [0, 0.1) is 0 Å². The highest BCUT2D eigenvalue weighted by atomic mass is 16.6. The van der Waals surface area contributed by atoms with E-state index >= 15 is 0 Å². The smallest absolute Gasteiger partial charge is 0.408 e. The highest BCUT2D eigenvalue weighted by Gasteiger charge is 2.36. The molecule has 1 aliphatic heterocycles. The van der Waals surface area contributed by atoms with E-state index in [1.165, 1.54) is 0 Å². The summed E-state index contributed by atoms with van der Waals surface area (Å²) in [4.78, 5) is 11.5. The second kappa shape index (κ2) is 4.37. The summed E-state index contributed by atoms with van der Waals surface area (Å²) in [6.07, 6.45) is 0.307. The Labute approximate surface area is 90.3 Å². The van der Waals surface area contributed by atoms with Gasteiger partial charge >= 0.3 is 6.09 Å². The maximum Gasteiger partial charge on any atom is 0.408 e. The third-order valence-electron chi connectivity index (χ3n) is 2.26. The van der Waals surface area contributed by atoms with Gasteiger partial charge in [0.1, 0.15) is 5.60 Å². The Balaban J connectivity index is 2.49. The van der Waals surface area contributed by atoms with E-state index in [0.717, 1.165) is 6.42 Å². The Bertz CT molecular complexity index is 229. The van der Waals surface area contributed by atoms with Crippen LogP contribution in [0.1, 0.15) is 27.2 Å². The first-order valence-electron chi connectivity index (χ1n) is 5.16. The normalized spacial score (nSPS) is 26.4. The number of carbonyl (C=O) groups is 1. The van der Waals surface area contributed by atoms with Gasteiger partial charge < -0.3 is 20.5 Å². The Kier molecular flexibility index (Phi) is 3.57. The number of ether oxygens (including phenoxy) is 2. The molecule has 1 aliphatic rings. The zero-order valence-electron chi connectivity index (χ0n) is 9.63. The van der Waals surface area contributed by atoms with Crippen LogP contribution in [0.25, 0.3) is 0 Å². The van der Waals surface area contributed by atoms with Gasteiger partial charge in [0, 0.05) is 13.2 Å². The Morgan fingerprint density at radius 3 is 2.67 bits per heavy atom. The van der Waals surface area contributed by atoms with Crippen LogP contribution in [0.4, 0.5) is 4.79 Å². The van der Waals surface area contributed by atoms with Crippen LogP contribution in [-0.4, -0.2) is 37.0 Å².